The van der Waals surface area contributed by atoms with Crippen molar-refractivity contribution in [3.63, 3.8) is 0 Å². The van der Waals surface area contributed by atoms with Gasteiger partial charge in [0, 0.05) is 11.3 Å². The van der Waals surface area contributed by atoms with Crippen LogP contribution in [0.4, 0.5) is 0 Å². The highest BCUT2D eigenvalue weighted by atomic mass is 32.2. The zero-order chi connectivity index (χ0) is 26.2. The zero-order valence-electron chi connectivity index (χ0n) is 20.7. The van der Waals surface area contributed by atoms with Gasteiger partial charge in [0.15, 0.2) is 22.5 Å². The zero-order valence-corrected chi connectivity index (χ0v) is 21.5. The van der Waals surface area contributed by atoms with Gasteiger partial charge in [0.2, 0.25) is 0 Å². The maximum atomic E-state index is 12.5. The summed E-state index contributed by atoms with van der Waals surface area (Å²) in [7, 11) is 1.62. The third-order valence-electron chi connectivity index (χ3n) is 5.29. The first-order chi connectivity index (χ1) is 18.0. The summed E-state index contributed by atoms with van der Waals surface area (Å²) in [5.74, 6) is 1.60. The number of amides is 1. The first-order valence-electron chi connectivity index (χ1n) is 11.6. The number of carbonyl (C=O) groups excluding carboxylic acids is 1. The summed E-state index contributed by atoms with van der Waals surface area (Å²) in [6.45, 7) is 4.28. The van der Waals surface area contributed by atoms with Crippen molar-refractivity contribution in [1.82, 2.24) is 20.2 Å². The number of carbonyl (C=O) groups is 1. The van der Waals surface area contributed by atoms with Crippen LogP contribution in [0.5, 0.6) is 17.2 Å². The maximum Gasteiger partial charge on any atom is 0.250 e. The topological polar surface area (TPSA) is 111 Å². The lowest BCUT2D eigenvalue weighted by molar-refractivity contribution is -0.118. The molecule has 10 heteroatoms. The Morgan fingerprint density at radius 1 is 1.11 bits per heavy atom. The maximum absolute atomic E-state index is 12.5. The second kappa shape index (κ2) is 12.1. The molecule has 9 nitrogen and oxygen atoms in total. The Kier molecular flexibility index (Phi) is 8.42. The number of aromatic nitrogens is 3. The highest BCUT2D eigenvalue weighted by Gasteiger charge is 2.17. The fourth-order valence-electron chi connectivity index (χ4n) is 3.44. The van der Waals surface area contributed by atoms with Crippen molar-refractivity contribution in [1.29, 1.82) is 0 Å². The van der Waals surface area contributed by atoms with Gasteiger partial charge in [-0.1, -0.05) is 29.5 Å². The Balaban J connectivity index is 1.48. The van der Waals surface area contributed by atoms with E-state index in [0.29, 0.717) is 28.9 Å². The molecule has 4 aromatic rings. The molecule has 2 N–H and O–H groups in total. The molecule has 0 atom stereocenters. The lowest BCUT2D eigenvalue weighted by atomic mass is 10.2. The van der Waals surface area contributed by atoms with Gasteiger partial charge in [0.05, 0.1) is 25.7 Å². The molecule has 0 aliphatic rings. The molecule has 4 rings (SSSR count). The highest BCUT2D eigenvalue weighted by molar-refractivity contribution is 7.99. The Morgan fingerprint density at radius 2 is 1.86 bits per heavy atom. The molecule has 0 bridgehead atoms. The standard InChI is InChI=1S/C27H27N5O4S/c1-4-36-24-15-19(7-14-23(24)33)16-28-29-25(34)17-37-27-31-30-26(20-8-12-22(35-3)13-9-20)32(27)21-10-5-18(2)6-11-21/h5-16,33H,4,17H2,1-3H3,(H,29,34). The summed E-state index contributed by atoms with van der Waals surface area (Å²) in [5, 5.41) is 23.2. The molecule has 0 saturated carbocycles. The van der Waals surface area contributed by atoms with Crippen molar-refractivity contribution in [2.24, 2.45) is 5.10 Å². The van der Waals surface area contributed by atoms with E-state index in [1.54, 1.807) is 19.2 Å². The average molecular weight is 518 g/mol. The summed E-state index contributed by atoms with van der Waals surface area (Å²) >= 11 is 1.26. The molecule has 3 aromatic carbocycles. The average Bonchev–Trinajstić information content (AvgIpc) is 3.34. The molecule has 1 amide bonds. The summed E-state index contributed by atoms with van der Waals surface area (Å²) < 4.78 is 12.6. The molecule has 0 radical (unpaired) electrons. The van der Waals surface area contributed by atoms with Crippen LogP contribution >= 0.6 is 11.8 Å². The molecular weight excluding hydrogens is 490 g/mol. The first kappa shape index (κ1) is 25.8. The number of hydrogen-bond donors (Lipinski definition) is 2. The van der Waals surface area contributed by atoms with E-state index in [-0.39, 0.29) is 17.4 Å². The van der Waals surface area contributed by atoms with Gasteiger partial charge >= 0.3 is 0 Å². The van der Waals surface area contributed by atoms with Crippen LogP contribution in [0.15, 0.2) is 77.0 Å². The van der Waals surface area contributed by atoms with Crippen molar-refractivity contribution in [3.8, 4) is 34.3 Å². The quantitative estimate of drug-likeness (QED) is 0.180. The molecule has 0 spiro atoms. The highest BCUT2D eigenvalue weighted by Crippen LogP contribution is 2.29. The van der Waals surface area contributed by atoms with Crippen molar-refractivity contribution in [2.75, 3.05) is 19.5 Å². The van der Waals surface area contributed by atoms with E-state index in [2.05, 4.69) is 20.7 Å². The van der Waals surface area contributed by atoms with E-state index in [1.807, 2.05) is 66.9 Å². The number of ether oxygens (including phenoxy) is 2. The normalized spacial score (nSPS) is 11.0. The van der Waals surface area contributed by atoms with Gasteiger partial charge in [-0.15, -0.1) is 10.2 Å². The predicted molar refractivity (Wildman–Crippen MR) is 144 cm³/mol. The monoisotopic (exact) mass is 517 g/mol. The smallest absolute Gasteiger partial charge is 0.250 e. The fraction of sp³-hybridized carbons (Fsp3) is 0.185. The second-order valence-electron chi connectivity index (χ2n) is 7.95. The number of phenols is 1. The summed E-state index contributed by atoms with van der Waals surface area (Å²) in [6.07, 6.45) is 1.49. The number of nitrogens with zero attached hydrogens (tertiary/aromatic N) is 4. The number of aromatic hydroxyl groups is 1. The Bertz CT molecular complexity index is 1390. The van der Waals surface area contributed by atoms with E-state index in [0.717, 1.165) is 22.6 Å². The minimum absolute atomic E-state index is 0.0473. The van der Waals surface area contributed by atoms with E-state index in [4.69, 9.17) is 9.47 Å². The molecule has 0 aliphatic heterocycles. The van der Waals surface area contributed by atoms with Crippen LogP contribution < -0.4 is 14.9 Å². The van der Waals surface area contributed by atoms with Gasteiger partial charge in [-0.25, -0.2) is 5.43 Å². The molecule has 190 valence electrons. The molecular formula is C27H27N5O4S. The van der Waals surface area contributed by atoms with Gasteiger partial charge < -0.3 is 14.6 Å². The van der Waals surface area contributed by atoms with Gasteiger partial charge in [-0.3, -0.25) is 9.36 Å². The Hall–Kier alpha value is -4.31. The number of hydrazone groups is 1. The third kappa shape index (κ3) is 6.47. The predicted octanol–water partition coefficient (Wildman–Crippen LogP) is 4.60. The molecule has 0 saturated heterocycles. The van der Waals surface area contributed by atoms with Crippen LogP contribution in [0, 0.1) is 6.92 Å². The van der Waals surface area contributed by atoms with Crippen LogP contribution in [-0.4, -0.2) is 51.5 Å². The number of nitrogens with one attached hydrogen (secondary N) is 1. The lowest BCUT2D eigenvalue weighted by Gasteiger charge is -2.11. The number of phenolic OH excluding ortho intramolecular Hbond substituents is 1. The van der Waals surface area contributed by atoms with Gasteiger partial charge in [-0.2, -0.15) is 5.10 Å². The van der Waals surface area contributed by atoms with E-state index < -0.39 is 0 Å². The minimum atomic E-state index is -0.297. The molecule has 1 aromatic heterocycles. The van der Waals surface area contributed by atoms with Crippen LogP contribution in [0.3, 0.4) is 0 Å². The summed E-state index contributed by atoms with van der Waals surface area (Å²) in [4.78, 5) is 12.5. The van der Waals surface area contributed by atoms with Crippen molar-refractivity contribution in [3.05, 3.63) is 77.9 Å². The number of benzene rings is 3. The van der Waals surface area contributed by atoms with E-state index in [1.165, 1.54) is 24.0 Å². The Morgan fingerprint density at radius 3 is 2.57 bits per heavy atom. The second-order valence-corrected chi connectivity index (χ2v) is 8.89. The molecule has 0 fully saturated rings. The Labute approximate surface area is 219 Å². The summed E-state index contributed by atoms with van der Waals surface area (Å²) in [6, 6.07) is 20.4. The largest absolute Gasteiger partial charge is 0.504 e. The van der Waals surface area contributed by atoms with Crippen LogP contribution in [0.2, 0.25) is 0 Å². The van der Waals surface area contributed by atoms with Gasteiger partial charge in [0.1, 0.15) is 5.75 Å². The van der Waals surface area contributed by atoms with Crippen molar-refractivity contribution >= 4 is 23.9 Å². The molecule has 0 aliphatic carbocycles. The van der Waals surface area contributed by atoms with Crippen molar-refractivity contribution < 1.29 is 19.4 Å². The number of thioether (sulfide) groups is 1. The fourth-order valence-corrected chi connectivity index (χ4v) is 4.18. The molecule has 0 unspecified atom stereocenters. The number of rotatable bonds is 10. The number of methoxy groups -OCH3 is 1. The molecule has 37 heavy (non-hydrogen) atoms. The first-order valence-corrected chi connectivity index (χ1v) is 12.5. The van der Waals surface area contributed by atoms with Crippen LogP contribution in [-0.2, 0) is 4.79 Å². The van der Waals surface area contributed by atoms with E-state index >= 15 is 0 Å². The van der Waals surface area contributed by atoms with E-state index in [9.17, 15) is 9.90 Å². The van der Waals surface area contributed by atoms with Gasteiger partial charge in [-0.05, 0) is 74.0 Å². The van der Waals surface area contributed by atoms with Gasteiger partial charge in [0.25, 0.3) is 5.91 Å². The molecule has 1 heterocycles. The third-order valence-corrected chi connectivity index (χ3v) is 6.22. The number of aryl methyl sites for hydroxylation is 1. The summed E-state index contributed by atoms with van der Waals surface area (Å²) in [5.41, 5.74) is 6.09. The van der Waals surface area contributed by atoms with Crippen LogP contribution in [0.1, 0.15) is 18.1 Å². The number of hydrogen-bond acceptors (Lipinski definition) is 8. The lowest BCUT2D eigenvalue weighted by Crippen LogP contribution is -2.20. The minimum Gasteiger partial charge on any atom is -0.504 e. The van der Waals surface area contributed by atoms with Crippen molar-refractivity contribution in [2.45, 2.75) is 19.0 Å². The van der Waals surface area contributed by atoms with Crippen LogP contribution in [0.25, 0.3) is 17.1 Å². The SMILES string of the molecule is CCOc1cc(C=NNC(=O)CSc2nnc(-c3ccc(OC)cc3)n2-c2ccc(C)cc2)ccc1O.